The molecule has 27 heavy (non-hydrogen) atoms. The van der Waals surface area contributed by atoms with Gasteiger partial charge in [-0.2, -0.15) is 5.10 Å². The molecule has 0 saturated heterocycles. The van der Waals surface area contributed by atoms with E-state index in [9.17, 15) is 4.79 Å². The summed E-state index contributed by atoms with van der Waals surface area (Å²) in [6.45, 7) is 4.51. The van der Waals surface area contributed by atoms with E-state index in [1.165, 1.54) is 0 Å². The van der Waals surface area contributed by atoms with E-state index < -0.39 is 0 Å². The van der Waals surface area contributed by atoms with Gasteiger partial charge in [0.05, 0.1) is 36.9 Å². The number of fused-ring (bicyclic) bond motifs is 1. The maximum Gasteiger partial charge on any atom is 0.230 e. The average molecular weight is 362 g/mol. The van der Waals surface area contributed by atoms with Crippen molar-refractivity contribution in [2.24, 2.45) is 0 Å². The number of benzene rings is 1. The molecule has 1 unspecified atom stereocenters. The third-order valence-corrected chi connectivity index (χ3v) is 4.82. The van der Waals surface area contributed by atoms with E-state index in [-0.39, 0.29) is 11.8 Å². The molecule has 1 aromatic carbocycles. The molecule has 1 atom stereocenters. The van der Waals surface area contributed by atoms with Crippen molar-refractivity contribution < 1.29 is 4.79 Å². The topological polar surface area (TPSA) is 75.9 Å². The van der Waals surface area contributed by atoms with Gasteiger partial charge in [-0.05, 0) is 24.6 Å². The molecule has 2 aromatic heterocycles. The van der Waals surface area contributed by atoms with Crippen LogP contribution in [0.5, 0.6) is 0 Å². The van der Waals surface area contributed by atoms with Crippen molar-refractivity contribution in [2.45, 2.75) is 32.5 Å². The second-order valence-corrected chi connectivity index (χ2v) is 6.67. The Bertz CT molecular complexity index is 909. The van der Waals surface area contributed by atoms with Gasteiger partial charge < -0.3 is 10.2 Å². The highest BCUT2D eigenvalue weighted by atomic mass is 16.2. The molecule has 1 aliphatic heterocycles. The van der Waals surface area contributed by atoms with Gasteiger partial charge in [0.1, 0.15) is 0 Å². The van der Waals surface area contributed by atoms with E-state index in [0.717, 1.165) is 17.0 Å². The lowest BCUT2D eigenvalue weighted by Gasteiger charge is -2.30. The van der Waals surface area contributed by atoms with Gasteiger partial charge in [-0.3, -0.25) is 9.48 Å². The van der Waals surface area contributed by atoms with E-state index in [1.807, 2.05) is 52.9 Å². The maximum atomic E-state index is 12.9. The van der Waals surface area contributed by atoms with Crippen LogP contribution in [0.2, 0.25) is 0 Å². The smallest absolute Gasteiger partial charge is 0.230 e. The summed E-state index contributed by atoms with van der Waals surface area (Å²) < 4.78 is 1.99. The molecule has 1 aliphatic rings. The Kier molecular flexibility index (Phi) is 4.82. The van der Waals surface area contributed by atoms with Crippen molar-refractivity contribution in [1.82, 2.24) is 24.6 Å². The van der Waals surface area contributed by atoms with E-state index in [4.69, 9.17) is 0 Å². The molecule has 7 heteroatoms. The molecule has 0 radical (unpaired) electrons. The standard InChI is InChI=1S/C20H22N6O/c1-15(16-6-3-2-4-7-16)19(27)25-10-11-26-18(14-25)12-17(24-26)13-23-20-21-8-5-9-22-20/h2-9,12,15H,10-11,13-14H2,1H3,(H,21,22,23). The lowest BCUT2D eigenvalue weighted by atomic mass is 9.99. The summed E-state index contributed by atoms with van der Waals surface area (Å²) in [5, 5.41) is 7.79. The van der Waals surface area contributed by atoms with Crippen LogP contribution in [0.15, 0.2) is 54.9 Å². The SMILES string of the molecule is CC(C(=O)N1CCn2nc(CNc3ncccn3)cc2C1)c1ccccc1. The van der Waals surface area contributed by atoms with E-state index >= 15 is 0 Å². The number of rotatable bonds is 5. The Balaban J connectivity index is 1.41. The van der Waals surface area contributed by atoms with Gasteiger partial charge in [0.2, 0.25) is 11.9 Å². The minimum atomic E-state index is -0.142. The largest absolute Gasteiger partial charge is 0.348 e. The highest BCUT2D eigenvalue weighted by Crippen LogP contribution is 2.21. The molecule has 0 fully saturated rings. The molecule has 3 aromatic rings. The lowest BCUT2D eigenvalue weighted by molar-refractivity contribution is -0.134. The molecule has 0 saturated carbocycles. The first-order valence-corrected chi connectivity index (χ1v) is 9.11. The van der Waals surface area contributed by atoms with E-state index in [2.05, 4.69) is 20.4 Å². The molecule has 3 heterocycles. The van der Waals surface area contributed by atoms with Crippen LogP contribution in [0.1, 0.15) is 29.8 Å². The first kappa shape index (κ1) is 17.2. The van der Waals surface area contributed by atoms with Crippen molar-refractivity contribution in [1.29, 1.82) is 0 Å². The van der Waals surface area contributed by atoms with Crippen LogP contribution in [0.4, 0.5) is 5.95 Å². The van der Waals surface area contributed by atoms with Gasteiger partial charge in [0.15, 0.2) is 0 Å². The summed E-state index contributed by atoms with van der Waals surface area (Å²) in [6, 6.07) is 13.7. The Morgan fingerprint density at radius 1 is 1.15 bits per heavy atom. The van der Waals surface area contributed by atoms with Gasteiger partial charge in [-0.25, -0.2) is 9.97 Å². The molecule has 0 bridgehead atoms. The fraction of sp³-hybridized carbons (Fsp3) is 0.300. The van der Waals surface area contributed by atoms with Gasteiger partial charge in [-0.15, -0.1) is 0 Å². The highest BCUT2D eigenvalue weighted by molar-refractivity contribution is 5.83. The number of hydrogen-bond donors (Lipinski definition) is 1. The van der Waals surface area contributed by atoms with E-state index in [1.54, 1.807) is 18.5 Å². The quantitative estimate of drug-likeness (QED) is 0.754. The molecule has 1 N–H and O–H groups in total. The van der Waals surface area contributed by atoms with Gasteiger partial charge in [0.25, 0.3) is 0 Å². The van der Waals surface area contributed by atoms with E-state index in [0.29, 0.717) is 32.1 Å². The lowest BCUT2D eigenvalue weighted by Crippen LogP contribution is -2.40. The van der Waals surface area contributed by atoms with Crippen LogP contribution in [0.25, 0.3) is 0 Å². The van der Waals surface area contributed by atoms with Crippen molar-refractivity contribution in [3.63, 3.8) is 0 Å². The van der Waals surface area contributed by atoms with Crippen LogP contribution in [0.3, 0.4) is 0 Å². The van der Waals surface area contributed by atoms with Crippen molar-refractivity contribution in [2.75, 3.05) is 11.9 Å². The van der Waals surface area contributed by atoms with Gasteiger partial charge >= 0.3 is 0 Å². The van der Waals surface area contributed by atoms with Crippen molar-refractivity contribution in [3.8, 4) is 0 Å². The Morgan fingerprint density at radius 3 is 2.70 bits per heavy atom. The second-order valence-electron chi connectivity index (χ2n) is 6.67. The second kappa shape index (κ2) is 7.57. The first-order valence-electron chi connectivity index (χ1n) is 9.11. The minimum absolute atomic E-state index is 0.142. The zero-order valence-electron chi connectivity index (χ0n) is 15.2. The maximum absolute atomic E-state index is 12.9. The van der Waals surface area contributed by atoms with Crippen LogP contribution in [-0.2, 0) is 24.4 Å². The molecule has 0 spiro atoms. The summed E-state index contributed by atoms with van der Waals surface area (Å²) in [5.74, 6) is 0.597. The molecule has 7 nitrogen and oxygen atoms in total. The Morgan fingerprint density at radius 2 is 1.93 bits per heavy atom. The normalized spacial score (nSPS) is 14.5. The fourth-order valence-electron chi connectivity index (χ4n) is 3.32. The number of hydrogen-bond acceptors (Lipinski definition) is 5. The monoisotopic (exact) mass is 362 g/mol. The van der Waals surface area contributed by atoms with Gasteiger partial charge in [0, 0.05) is 18.9 Å². The third-order valence-electron chi connectivity index (χ3n) is 4.82. The van der Waals surface area contributed by atoms with Crippen LogP contribution in [0, 0.1) is 0 Å². The molecular weight excluding hydrogens is 340 g/mol. The number of carbonyl (C=O) groups is 1. The fourth-order valence-corrected chi connectivity index (χ4v) is 3.32. The summed E-state index contributed by atoms with van der Waals surface area (Å²) in [4.78, 5) is 23.1. The number of nitrogens with zero attached hydrogens (tertiary/aromatic N) is 5. The minimum Gasteiger partial charge on any atom is -0.348 e. The first-order chi connectivity index (χ1) is 13.2. The molecular formula is C20H22N6O. The highest BCUT2D eigenvalue weighted by Gasteiger charge is 2.26. The number of anilines is 1. The van der Waals surface area contributed by atoms with Gasteiger partial charge in [-0.1, -0.05) is 30.3 Å². The predicted molar refractivity (Wildman–Crippen MR) is 102 cm³/mol. The molecule has 0 aliphatic carbocycles. The summed E-state index contributed by atoms with van der Waals surface area (Å²) in [5.41, 5.74) is 3.03. The van der Waals surface area contributed by atoms with Crippen molar-refractivity contribution >= 4 is 11.9 Å². The molecule has 138 valence electrons. The number of nitrogens with one attached hydrogen (secondary N) is 1. The molecule has 1 amide bonds. The number of carbonyl (C=O) groups excluding carboxylic acids is 1. The summed E-state index contributed by atoms with van der Waals surface area (Å²) in [7, 11) is 0. The zero-order valence-corrected chi connectivity index (χ0v) is 15.2. The molecule has 4 rings (SSSR count). The Hall–Kier alpha value is -3.22. The zero-order chi connectivity index (χ0) is 18.6. The summed E-state index contributed by atoms with van der Waals surface area (Å²) >= 11 is 0. The number of amides is 1. The van der Waals surface area contributed by atoms with Crippen LogP contribution >= 0.6 is 0 Å². The summed E-state index contributed by atoms with van der Waals surface area (Å²) in [6.07, 6.45) is 3.40. The third kappa shape index (κ3) is 3.81. The number of aromatic nitrogens is 4. The Labute approximate surface area is 158 Å². The predicted octanol–water partition coefficient (Wildman–Crippen LogP) is 2.43. The van der Waals surface area contributed by atoms with Crippen LogP contribution in [-0.4, -0.2) is 37.1 Å². The van der Waals surface area contributed by atoms with Crippen LogP contribution < -0.4 is 5.32 Å². The average Bonchev–Trinajstić information content (AvgIpc) is 3.14. The van der Waals surface area contributed by atoms with Crippen molar-refractivity contribution in [3.05, 3.63) is 71.8 Å².